The van der Waals surface area contributed by atoms with Crippen LogP contribution in [0.15, 0.2) is 69.7 Å². The third kappa shape index (κ3) is 3.25. The van der Waals surface area contributed by atoms with Gasteiger partial charge >= 0.3 is 0 Å². The van der Waals surface area contributed by atoms with Crippen LogP contribution in [0.2, 0.25) is 0 Å². The van der Waals surface area contributed by atoms with Crippen molar-refractivity contribution in [1.82, 2.24) is 15.5 Å². The number of aromatic nitrogens is 2. The summed E-state index contributed by atoms with van der Waals surface area (Å²) < 4.78 is 16.9. The number of nitrogens with zero attached hydrogens (tertiary/aromatic N) is 2. The quantitative estimate of drug-likeness (QED) is 0.566. The van der Waals surface area contributed by atoms with Crippen molar-refractivity contribution in [3.05, 3.63) is 72.2 Å². The van der Waals surface area contributed by atoms with Crippen molar-refractivity contribution < 1.29 is 13.7 Å². The molecule has 4 heterocycles. The van der Waals surface area contributed by atoms with E-state index in [-0.39, 0.29) is 5.54 Å². The summed E-state index contributed by atoms with van der Waals surface area (Å²) >= 11 is 0. The Labute approximate surface area is 156 Å². The van der Waals surface area contributed by atoms with Gasteiger partial charge in [-0.1, -0.05) is 29.4 Å². The standard InChI is InChI=1S/C21H19N3O3/c1-2-7-19-15(5-1)9-17(26-19)12-23-21(13-25-14-21)11-16-10-20(27-24-16)18-6-3-4-8-22-18/h1-10,23H,11-14H2. The Morgan fingerprint density at radius 3 is 2.70 bits per heavy atom. The first kappa shape index (κ1) is 16.2. The molecule has 5 rings (SSSR count). The molecular formula is C21H19N3O3. The van der Waals surface area contributed by atoms with Crippen LogP contribution < -0.4 is 5.32 Å². The van der Waals surface area contributed by atoms with Crippen LogP contribution in [0.3, 0.4) is 0 Å². The zero-order valence-corrected chi connectivity index (χ0v) is 14.7. The van der Waals surface area contributed by atoms with Crippen LogP contribution in [0.4, 0.5) is 0 Å². The minimum Gasteiger partial charge on any atom is -0.460 e. The zero-order valence-electron chi connectivity index (χ0n) is 14.7. The fourth-order valence-corrected chi connectivity index (χ4v) is 3.38. The lowest BCUT2D eigenvalue weighted by Gasteiger charge is -2.41. The van der Waals surface area contributed by atoms with E-state index in [9.17, 15) is 0 Å². The summed E-state index contributed by atoms with van der Waals surface area (Å²) in [5.41, 5.74) is 2.42. The monoisotopic (exact) mass is 361 g/mol. The van der Waals surface area contributed by atoms with Crippen molar-refractivity contribution >= 4 is 11.0 Å². The number of benzene rings is 1. The second-order valence-electron chi connectivity index (χ2n) is 6.95. The molecule has 3 aromatic heterocycles. The molecule has 1 N–H and O–H groups in total. The second-order valence-corrected chi connectivity index (χ2v) is 6.95. The van der Waals surface area contributed by atoms with Gasteiger partial charge in [0.1, 0.15) is 17.0 Å². The second kappa shape index (κ2) is 6.64. The van der Waals surface area contributed by atoms with Crippen LogP contribution in [0.5, 0.6) is 0 Å². The average molecular weight is 361 g/mol. The van der Waals surface area contributed by atoms with E-state index in [0.717, 1.165) is 34.5 Å². The Morgan fingerprint density at radius 1 is 1.04 bits per heavy atom. The van der Waals surface area contributed by atoms with Gasteiger partial charge in [0, 0.05) is 24.1 Å². The zero-order chi connectivity index (χ0) is 18.1. The number of para-hydroxylation sites is 1. The Hall–Kier alpha value is -2.96. The molecule has 0 atom stereocenters. The molecular weight excluding hydrogens is 342 g/mol. The van der Waals surface area contributed by atoms with E-state index < -0.39 is 0 Å². The minimum atomic E-state index is -0.156. The van der Waals surface area contributed by atoms with Crippen LogP contribution in [0.25, 0.3) is 22.4 Å². The maximum Gasteiger partial charge on any atom is 0.185 e. The van der Waals surface area contributed by atoms with Gasteiger partial charge in [0.25, 0.3) is 0 Å². The van der Waals surface area contributed by atoms with Gasteiger partial charge in [-0.05, 0) is 24.3 Å². The fourth-order valence-electron chi connectivity index (χ4n) is 3.38. The smallest absolute Gasteiger partial charge is 0.185 e. The first-order chi connectivity index (χ1) is 13.3. The molecule has 6 heteroatoms. The molecule has 1 saturated heterocycles. The van der Waals surface area contributed by atoms with E-state index >= 15 is 0 Å². The third-order valence-corrected chi connectivity index (χ3v) is 4.87. The third-order valence-electron chi connectivity index (χ3n) is 4.87. The van der Waals surface area contributed by atoms with Gasteiger partial charge in [-0.15, -0.1) is 0 Å². The van der Waals surface area contributed by atoms with Crippen LogP contribution in [0, 0.1) is 0 Å². The van der Waals surface area contributed by atoms with Crippen molar-refractivity contribution in [2.24, 2.45) is 0 Å². The predicted octanol–water partition coefficient (Wildman–Crippen LogP) is 3.58. The van der Waals surface area contributed by atoms with Gasteiger partial charge in [0.15, 0.2) is 5.76 Å². The van der Waals surface area contributed by atoms with Crippen molar-refractivity contribution in [3.63, 3.8) is 0 Å². The summed E-state index contributed by atoms with van der Waals surface area (Å²) in [4.78, 5) is 4.30. The highest BCUT2D eigenvalue weighted by Crippen LogP contribution is 2.26. The summed E-state index contributed by atoms with van der Waals surface area (Å²) in [5.74, 6) is 1.59. The van der Waals surface area contributed by atoms with Crippen molar-refractivity contribution in [1.29, 1.82) is 0 Å². The minimum absolute atomic E-state index is 0.156. The number of fused-ring (bicyclic) bond motifs is 1. The Kier molecular flexibility index (Phi) is 3.99. The predicted molar refractivity (Wildman–Crippen MR) is 100 cm³/mol. The molecule has 0 radical (unpaired) electrons. The van der Waals surface area contributed by atoms with Crippen LogP contribution in [-0.4, -0.2) is 28.9 Å². The van der Waals surface area contributed by atoms with E-state index in [0.29, 0.717) is 25.5 Å². The van der Waals surface area contributed by atoms with Gasteiger partial charge < -0.3 is 13.7 Å². The van der Waals surface area contributed by atoms with E-state index in [1.54, 1.807) is 6.20 Å². The van der Waals surface area contributed by atoms with Crippen LogP contribution in [0.1, 0.15) is 11.5 Å². The fraction of sp³-hybridized carbons (Fsp3) is 0.238. The number of rotatable bonds is 6. The summed E-state index contributed by atoms with van der Waals surface area (Å²) in [6.45, 7) is 1.92. The Morgan fingerprint density at radius 2 is 1.93 bits per heavy atom. The molecule has 0 bridgehead atoms. The highest BCUT2D eigenvalue weighted by molar-refractivity contribution is 5.77. The van der Waals surface area contributed by atoms with Crippen molar-refractivity contribution in [3.8, 4) is 11.5 Å². The molecule has 6 nitrogen and oxygen atoms in total. The molecule has 0 spiro atoms. The maximum absolute atomic E-state index is 5.90. The largest absolute Gasteiger partial charge is 0.460 e. The van der Waals surface area contributed by atoms with Gasteiger partial charge in [-0.25, -0.2) is 0 Å². The van der Waals surface area contributed by atoms with Crippen molar-refractivity contribution in [2.45, 2.75) is 18.5 Å². The summed E-state index contributed by atoms with van der Waals surface area (Å²) in [7, 11) is 0. The van der Waals surface area contributed by atoms with Gasteiger partial charge in [-0.3, -0.25) is 10.3 Å². The SMILES string of the molecule is c1ccc(-c2cc(CC3(NCc4cc5ccccc5o4)COC3)no2)nc1. The molecule has 136 valence electrons. The van der Waals surface area contributed by atoms with Crippen LogP contribution in [-0.2, 0) is 17.7 Å². The molecule has 1 aliphatic rings. The lowest BCUT2D eigenvalue weighted by atomic mass is 9.91. The van der Waals surface area contributed by atoms with Crippen molar-refractivity contribution in [2.75, 3.05) is 13.2 Å². The maximum atomic E-state index is 5.90. The lowest BCUT2D eigenvalue weighted by molar-refractivity contribution is -0.0761. The first-order valence-electron chi connectivity index (χ1n) is 8.97. The van der Waals surface area contributed by atoms with Gasteiger partial charge in [0.05, 0.1) is 31.0 Å². The number of ether oxygens (including phenoxy) is 1. The van der Waals surface area contributed by atoms with Gasteiger partial charge in [0.2, 0.25) is 0 Å². The average Bonchev–Trinajstić information content (AvgIpc) is 3.31. The topological polar surface area (TPSA) is 73.3 Å². The normalized spacial score (nSPS) is 15.7. The summed E-state index contributed by atoms with van der Waals surface area (Å²) in [6, 6.07) is 17.8. The Bertz CT molecular complexity index is 1020. The summed E-state index contributed by atoms with van der Waals surface area (Å²) in [6.07, 6.45) is 2.47. The number of furan rings is 1. The first-order valence-corrected chi connectivity index (χ1v) is 8.97. The van der Waals surface area contributed by atoms with E-state index in [1.807, 2.05) is 42.5 Å². The number of hydrogen-bond acceptors (Lipinski definition) is 6. The number of hydrogen-bond donors (Lipinski definition) is 1. The molecule has 1 aliphatic heterocycles. The number of nitrogens with one attached hydrogen (secondary N) is 1. The van der Waals surface area contributed by atoms with Crippen LogP contribution >= 0.6 is 0 Å². The molecule has 1 fully saturated rings. The molecule has 27 heavy (non-hydrogen) atoms. The Balaban J connectivity index is 1.29. The highest BCUT2D eigenvalue weighted by atomic mass is 16.5. The highest BCUT2D eigenvalue weighted by Gasteiger charge is 2.39. The number of pyridine rings is 1. The molecule has 0 amide bonds. The molecule has 0 unspecified atom stereocenters. The molecule has 1 aromatic carbocycles. The molecule has 4 aromatic rings. The van der Waals surface area contributed by atoms with E-state index in [1.165, 1.54) is 0 Å². The molecule has 0 aliphatic carbocycles. The lowest BCUT2D eigenvalue weighted by Crippen LogP contribution is -2.61. The summed E-state index contributed by atoms with van der Waals surface area (Å²) in [5, 5.41) is 8.92. The molecule has 0 saturated carbocycles. The van der Waals surface area contributed by atoms with E-state index in [4.69, 9.17) is 13.7 Å². The van der Waals surface area contributed by atoms with Gasteiger partial charge in [-0.2, -0.15) is 0 Å². The van der Waals surface area contributed by atoms with E-state index in [2.05, 4.69) is 27.6 Å².